The number of aromatic amines is 1. The number of rotatable bonds is 3. The number of halogens is 1. The molecular weight excluding hydrogens is 428 g/mol. The average Bonchev–Trinajstić information content (AvgIpc) is 3.19. The first-order valence-corrected chi connectivity index (χ1v) is 11.6. The molecule has 1 atom stereocenters. The van der Waals surface area contributed by atoms with E-state index in [9.17, 15) is 4.79 Å². The first-order valence-electron chi connectivity index (χ1n) is 10.4. The zero-order chi connectivity index (χ0) is 21.5. The Balaban J connectivity index is 1.46. The minimum atomic E-state index is -0.0843. The number of thiophene rings is 1. The number of aryl methyl sites for hydroxylation is 1. The lowest BCUT2D eigenvalue weighted by Gasteiger charge is -2.41. The Morgan fingerprint density at radius 3 is 2.71 bits per heavy atom. The Labute approximate surface area is 189 Å². The Kier molecular flexibility index (Phi) is 5.20. The third kappa shape index (κ3) is 3.82. The zero-order valence-electron chi connectivity index (χ0n) is 17.4. The summed E-state index contributed by atoms with van der Waals surface area (Å²) in [6.45, 7) is 6.80. The van der Waals surface area contributed by atoms with E-state index < -0.39 is 0 Å². The number of H-pyrrole nitrogens is 1. The molecular formula is C24H23ClN4OS. The molecule has 5 rings (SSSR count). The molecule has 0 spiro atoms. The first kappa shape index (κ1) is 20.1. The van der Waals surface area contributed by atoms with Crippen molar-refractivity contribution in [3.63, 3.8) is 0 Å². The number of hydrogen-bond acceptors (Lipinski definition) is 5. The topological polar surface area (TPSA) is 52.2 Å². The summed E-state index contributed by atoms with van der Waals surface area (Å²) in [5.74, 6) is 0.641. The van der Waals surface area contributed by atoms with Crippen molar-refractivity contribution in [2.75, 3.05) is 29.4 Å². The summed E-state index contributed by atoms with van der Waals surface area (Å²) >= 11 is 7.47. The summed E-state index contributed by atoms with van der Waals surface area (Å²) in [5.41, 5.74) is 5.15. The minimum absolute atomic E-state index is 0.0843. The molecule has 0 bridgehead atoms. The van der Waals surface area contributed by atoms with Crippen LogP contribution in [0.5, 0.6) is 0 Å². The van der Waals surface area contributed by atoms with Crippen LogP contribution in [0.4, 0.5) is 11.6 Å². The predicted octanol–water partition coefficient (Wildman–Crippen LogP) is 5.33. The van der Waals surface area contributed by atoms with Crippen LogP contribution < -0.4 is 15.4 Å². The standard InChI is InChI=1S/C24H23ClN4OS/c1-15-4-3-5-19(12-15)29-11-10-28(13-16(29)2)24-26-21-20(14-31-22(21)23(30)27-24)17-6-8-18(25)9-7-17/h3-9,12,14,16H,10-11,13H2,1-2H3,(H,26,27,30). The van der Waals surface area contributed by atoms with Gasteiger partial charge in [-0.2, -0.15) is 0 Å². The molecule has 0 aliphatic carbocycles. The molecule has 1 fully saturated rings. The quantitative estimate of drug-likeness (QED) is 0.458. The van der Waals surface area contributed by atoms with Crippen LogP contribution in [-0.4, -0.2) is 35.6 Å². The Bertz CT molecular complexity index is 1300. The van der Waals surface area contributed by atoms with Crippen LogP contribution in [0.25, 0.3) is 21.3 Å². The van der Waals surface area contributed by atoms with Crippen molar-refractivity contribution in [1.82, 2.24) is 9.97 Å². The van der Waals surface area contributed by atoms with Crippen molar-refractivity contribution < 1.29 is 0 Å². The molecule has 1 aliphatic rings. The van der Waals surface area contributed by atoms with Crippen LogP contribution in [0.15, 0.2) is 58.7 Å². The fourth-order valence-corrected chi connectivity index (χ4v) is 5.27. The van der Waals surface area contributed by atoms with Crippen molar-refractivity contribution in [3.8, 4) is 11.1 Å². The number of benzene rings is 2. The number of anilines is 2. The molecule has 1 N–H and O–H groups in total. The van der Waals surface area contributed by atoms with Crippen molar-refractivity contribution >= 4 is 44.8 Å². The van der Waals surface area contributed by atoms with Gasteiger partial charge in [0.15, 0.2) is 0 Å². The Morgan fingerprint density at radius 2 is 1.97 bits per heavy atom. The predicted molar refractivity (Wildman–Crippen MR) is 131 cm³/mol. The number of fused-ring (bicyclic) bond motifs is 1. The number of aromatic nitrogens is 2. The average molecular weight is 451 g/mol. The van der Waals surface area contributed by atoms with Crippen LogP contribution >= 0.6 is 22.9 Å². The maximum absolute atomic E-state index is 12.8. The molecule has 2 aromatic carbocycles. The van der Waals surface area contributed by atoms with Crippen LogP contribution in [0.1, 0.15) is 12.5 Å². The second kappa shape index (κ2) is 8.02. The second-order valence-corrected chi connectivity index (χ2v) is 9.37. The monoisotopic (exact) mass is 450 g/mol. The summed E-state index contributed by atoms with van der Waals surface area (Å²) in [6.07, 6.45) is 0. The normalized spacial score (nSPS) is 16.8. The van der Waals surface area contributed by atoms with Crippen LogP contribution in [0.3, 0.4) is 0 Å². The summed E-state index contributed by atoms with van der Waals surface area (Å²) in [6, 6.07) is 16.6. The molecule has 4 aromatic rings. The molecule has 0 saturated carbocycles. The van der Waals surface area contributed by atoms with Crippen molar-refractivity contribution in [1.29, 1.82) is 0 Å². The van der Waals surface area contributed by atoms with E-state index >= 15 is 0 Å². The van der Waals surface area contributed by atoms with Gasteiger partial charge in [-0.25, -0.2) is 4.98 Å². The van der Waals surface area contributed by atoms with Gasteiger partial charge in [0, 0.05) is 47.3 Å². The fraction of sp³-hybridized carbons (Fsp3) is 0.250. The highest BCUT2D eigenvalue weighted by atomic mass is 35.5. The molecule has 31 heavy (non-hydrogen) atoms. The summed E-state index contributed by atoms with van der Waals surface area (Å²) in [4.78, 5) is 25.3. The third-order valence-electron chi connectivity index (χ3n) is 5.83. The van der Waals surface area contributed by atoms with E-state index in [0.29, 0.717) is 21.7 Å². The molecule has 0 amide bonds. The van der Waals surface area contributed by atoms with Gasteiger partial charge in [0.2, 0.25) is 5.95 Å². The van der Waals surface area contributed by atoms with Crippen molar-refractivity contribution in [3.05, 3.63) is 74.9 Å². The molecule has 2 aromatic heterocycles. The van der Waals surface area contributed by atoms with E-state index in [1.807, 2.05) is 29.6 Å². The summed E-state index contributed by atoms with van der Waals surface area (Å²) in [5, 5.41) is 2.69. The van der Waals surface area contributed by atoms with Gasteiger partial charge in [-0.3, -0.25) is 9.78 Å². The highest BCUT2D eigenvalue weighted by Crippen LogP contribution is 2.32. The number of nitrogens with zero attached hydrogens (tertiary/aromatic N) is 3. The van der Waals surface area contributed by atoms with E-state index in [4.69, 9.17) is 16.6 Å². The molecule has 5 nitrogen and oxygen atoms in total. The van der Waals surface area contributed by atoms with Gasteiger partial charge in [0.05, 0.1) is 5.52 Å². The van der Waals surface area contributed by atoms with Gasteiger partial charge in [-0.05, 0) is 49.2 Å². The molecule has 3 heterocycles. The molecule has 158 valence electrons. The Hall–Kier alpha value is -2.83. The molecule has 7 heteroatoms. The SMILES string of the molecule is Cc1cccc(N2CCN(c3nc4c(-c5ccc(Cl)cc5)csc4c(=O)[nH]3)CC2C)c1. The summed E-state index contributed by atoms with van der Waals surface area (Å²) < 4.78 is 0.653. The molecule has 1 aliphatic heterocycles. The molecule has 1 unspecified atom stereocenters. The fourth-order valence-electron chi connectivity index (χ4n) is 4.24. The first-order chi connectivity index (χ1) is 15.0. The molecule has 1 saturated heterocycles. The van der Waals surface area contributed by atoms with E-state index in [-0.39, 0.29) is 5.56 Å². The van der Waals surface area contributed by atoms with Gasteiger partial charge in [0.1, 0.15) is 4.70 Å². The minimum Gasteiger partial charge on any atom is -0.365 e. The van der Waals surface area contributed by atoms with E-state index in [2.05, 4.69) is 52.9 Å². The lowest BCUT2D eigenvalue weighted by molar-refractivity contribution is 0.543. The van der Waals surface area contributed by atoms with Crippen LogP contribution in [-0.2, 0) is 0 Å². The largest absolute Gasteiger partial charge is 0.365 e. The smallest absolute Gasteiger partial charge is 0.270 e. The molecule has 0 radical (unpaired) electrons. The van der Waals surface area contributed by atoms with Crippen LogP contribution in [0.2, 0.25) is 5.02 Å². The third-order valence-corrected chi connectivity index (χ3v) is 7.05. The van der Waals surface area contributed by atoms with Crippen LogP contribution in [0, 0.1) is 6.92 Å². The number of nitrogens with one attached hydrogen (secondary N) is 1. The van der Waals surface area contributed by atoms with Crippen molar-refractivity contribution in [2.24, 2.45) is 0 Å². The highest BCUT2D eigenvalue weighted by molar-refractivity contribution is 7.17. The summed E-state index contributed by atoms with van der Waals surface area (Å²) in [7, 11) is 0. The van der Waals surface area contributed by atoms with Gasteiger partial charge >= 0.3 is 0 Å². The van der Waals surface area contributed by atoms with E-state index in [1.54, 1.807) is 0 Å². The maximum Gasteiger partial charge on any atom is 0.270 e. The second-order valence-electron chi connectivity index (χ2n) is 8.05. The van der Waals surface area contributed by atoms with Gasteiger partial charge in [-0.1, -0.05) is 35.9 Å². The number of hydrogen-bond donors (Lipinski definition) is 1. The van der Waals surface area contributed by atoms with E-state index in [1.165, 1.54) is 22.6 Å². The van der Waals surface area contributed by atoms with Gasteiger partial charge in [0.25, 0.3) is 5.56 Å². The van der Waals surface area contributed by atoms with E-state index in [0.717, 1.165) is 36.3 Å². The number of piperazine rings is 1. The lowest BCUT2D eigenvalue weighted by atomic mass is 10.1. The highest BCUT2D eigenvalue weighted by Gasteiger charge is 2.26. The lowest BCUT2D eigenvalue weighted by Crippen LogP contribution is -2.52. The Morgan fingerprint density at radius 1 is 1.16 bits per heavy atom. The van der Waals surface area contributed by atoms with Gasteiger partial charge < -0.3 is 9.80 Å². The maximum atomic E-state index is 12.8. The zero-order valence-corrected chi connectivity index (χ0v) is 19.0. The van der Waals surface area contributed by atoms with Crippen molar-refractivity contribution in [2.45, 2.75) is 19.9 Å². The van der Waals surface area contributed by atoms with Gasteiger partial charge in [-0.15, -0.1) is 11.3 Å².